The summed E-state index contributed by atoms with van der Waals surface area (Å²) >= 11 is 0. The molecule has 0 unspecified atom stereocenters. The van der Waals surface area contributed by atoms with E-state index in [1.54, 1.807) is 12.1 Å². The van der Waals surface area contributed by atoms with Crippen molar-refractivity contribution in [3.05, 3.63) is 35.4 Å². The van der Waals surface area contributed by atoms with E-state index >= 15 is 0 Å². The molecular weight excluding hydrogens is 284 g/mol. The summed E-state index contributed by atoms with van der Waals surface area (Å²) in [4.78, 5) is 22.3. The fourth-order valence-corrected chi connectivity index (χ4v) is 1.73. The Labute approximate surface area is 130 Å². The van der Waals surface area contributed by atoms with Crippen molar-refractivity contribution in [2.24, 2.45) is 0 Å². The maximum absolute atomic E-state index is 11.6. The van der Waals surface area contributed by atoms with Crippen LogP contribution in [0.15, 0.2) is 24.3 Å². The average molecular weight is 308 g/mol. The SMILES string of the molecule is CCCCOCCCNC(=O)NCc1ccc(C(=O)O)cc1. The van der Waals surface area contributed by atoms with Crippen molar-refractivity contribution in [3.63, 3.8) is 0 Å². The normalized spacial score (nSPS) is 10.2. The van der Waals surface area contributed by atoms with Crippen LogP contribution in [0.2, 0.25) is 0 Å². The van der Waals surface area contributed by atoms with Crippen LogP contribution in [0.25, 0.3) is 0 Å². The zero-order valence-electron chi connectivity index (χ0n) is 12.9. The number of carbonyl (C=O) groups is 2. The Morgan fingerprint density at radius 2 is 1.77 bits per heavy atom. The second-order valence-corrected chi connectivity index (χ2v) is 4.93. The minimum Gasteiger partial charge on any atom is -0.478 e. The lowest BCUT2D eigenvalue weighted by Gasteiger charge is -2.08. The predicted octanol–water partition coefficient (Wildman–Crippen LogP) is 2.39. The lowest BCUT2D eigenvalue weighted by atomic mass is 10.1. The molecule has 0 fully saturated rings. The van der Waals surface area contributed by atoms with Gasteiger partial charge in [0.1, 0.15) is 0 Å². The van der Waals surface area contributed by atoms with Gasteiger partial charge in [0, 0.05) is 26.3 Å². The molecule has 0 saturated carbocycles. The molecule has 1 rings (SSSR count). The molecule has 6 nitrogen and oxygen atoms in total. The van der Waals surface area contributed by atoms with E-state index in [0.717, 1.165) is 31.4 Å². The molecule has 3 N–H and O–H groups in total. The summed E-state index contributed by atoms with van der Waals surface area (Å²) in [6, 6.07) is 6.17. The van der Waals surface area contributed by atoms with Crippen LogP contribution < -0.4 is 10.6 Å². The maximum atomic E-state index is 11.6. The van der Waals surface area contributed by atoms with Gasteiger partial charge >= 0.3 is 12.0 Å². The minimum absolute atomic E-state index is 0.233. The van der Waals surface area contributed by atoms with Gasteiger partial charge < -0.3 is 20.5 Å². The number of carboxylic acids is 1. The molecule has 0 heterocycles. The third-order valence-corrected chi connectivity index (χ3v) is 3.05. The molecule has 1 aromatic carbocycles. The van der Waals surface area contributed by atoms with Gasteiger partial charge in [-0.25, -0.2) is 9.59 Å². The Morgan fingerprint density at radius 3 is 2.41 bits per heavy atom. The molecule has 1 aromatic rings. The van der Waals surface area contributed by atoms with Crippen molar-refractivity contribution in [2.45, 2.75) is 32.7 Å². The summed E-state index contributed by atoms with van der Waals surface area (Å²) < 4.78 is 5.40. The average Bonchev–Trinajstić information content (AvgIpc) is 2.52. The first-order valence-electron chi connectivity index (χ1n) is 7.55. The molecule has 122 valence electrons. The van der Waals surface area contributed by atoms with Crippen molar-refractivity contribution >= 4 is 12.0 Å². The molecule has 6 heteroatoms. The first-order chi connectivity index (χ1) is 10.6. The maximum Gasteiger partial charge on any atom is 0.335 e. The number of carboxylic acid groups (broad SMARTS) is 1. The lowest BCUT2D eigenvalue weighted by molar-refractivity contribution is 0.0697. The van der Waals surface area contributed by atoms with Gasteiger partial charge in [0.05, 0.1) is 5.56 Å². The Bertz CT molecular complexity index is 460. The first-order valence-corrected chi connectivity index (χ1v) is 7.55. The molecule has 2 amide bonds. The second kappa shape index (κ2) is 10.6. The predicted molar refractivity (Wildman–Crippen MR) is 84.0 cm³/mol. The van der Waals surface area contributed by atoms with E-state index < -0.39 is 5.97 Å². The third kappa shape index (κ3) is 7.64. The number of unbranched alkanes of at least 4 members (excludes halogenated alkanes) is 1. The third-order valence-electron chi connectivity index (χ3n) is 3.05. The standard InChI is InChI=1S/C16H24N2O4/c1-2-3-10-22-11-4-9-17-16(21)18-12-13-5-7-14(8-6-13)15(19)20/h5-8H,2-4,9-12H2,1H3,(H,19,20)(H2,17,18,21). The van der Waals surface area contributed by atoms with Crippen LogP contribution in [0.5, 0.6) is 0 Å². The number of aromatic carboxylic acids is 1. The van der Waals surface area contributed by atoms with Gasteiger partial charge in [-0.15, -0.1) is 0 Å². The van der Waals surface area contributed by atoms with E-state index in [0.29, 0.717) is 19.7 Å². The van der Waals surface area contributed by atoms with Crippen molar-refractivity contribution in [1.82, 2.24) is 10.6 Å². The molecule has 0 bridgehead atoms. The Hall–Kier alpha value is -2.08. The van der Waals surface area contributed by atoms with Crippen molar-refractivity contribution < 1.29 is 19.4 Å². The number of nitrogens with one attached hydrogen (secondary N) is 2. The summed E-state index contributed by atoms with van der Waals surface area (Å²) in [6.45, 7) is 4.46. The molecule has 0 atom stereocenters. The van der Waals surface area contributed by atoms with Gasteiger partial charge in [-0.1, -0.05) is 25.5 Å². The molecule has 0 aromatic heterocycles. The smallest absolute Gasteiger partial charge is 0.335 e. The van der Waals surface area contributed by atoms with Crippen molar-refractivity contribution in [2.75, 3.05) is 19.8 Å². The van der Waals surface area contributed by atoms with Crippen LogP contribution in [-0.4, -0.2) is 36.9 Å². The topological polar surface area (TPSA) is 87.7 Å². The van der Waals surface area contributed by atoms with Gasteiger partial charge in [-0.05, 0) is 30.5 Å². The second-order valence-electron chi connectivity index (χ2n) is 4.93. The van der Waals surface area contributed by atoms with Crippen LogP contribution in [0, 0.1) is 0 Å². The monoisotopic (exact) mass is 308 g/mol. The molecule has 0 aliphatic heterocycles. The number of amides is 2. The Kier molecular flexibility index (Phi) is 8.67. The molecule has 0 aliphatic carbocycles. The number of hydrogen-bond acceptors (Lipinski definition) is 3. The van der Waals surface area contributed by atoms with Gasteiger partial charge in [0.25, 0.3) is 0 Å². The van der Waals surface area contributed by atoms with Gasteiger partial charge in [-0.3, -0.25) is 0 Å². The number of carbonyl (C=O) groups excluding carboxylic acids is 1. The van der Waals surface area contributed by atoms with Crippen molar-refractivity contribution in [1.29, 1.82) is 0 Å². The first kappa shape index (κ1) is 18.0. The van der Waals surface area contributed by atoms with Gasteiger partial charge in [0.2, 0.25) is 0 Å². The Balaban J connectivity index is 2.11. The highest BCUT2D eigenvalue weighted by atomic mass is 16.5. The number of hydrogen-bond donors (Lipinski definition) is 3. The Morgan fingerprint density at radius 1 is 1.09 bits per heavy atom. The van der Waals surface area contributed by atoms with Crippen LogP contribution in [0.3, 0.4) is 0 Å². The summed E-state index contributed by atoms with van der Waals surface area (Å²) in [5.74, 6) is -0.960. The highest BCUT2D eigenvalue weighted by Crippen LogP contribution is 2.04. The van der Waals surface area contributed by atoms with E-state index in [9.17, 15) is 9.59 Å². The molecular formula is C16H24N2O4. The van der Waals surface area contributed by atoms with E-state index in [1.165, 1.54) is 12.1 Å². The fourth-order valence-electron chi connectivity index (χ4n) is 1.73. The molecule has 0 spiro atoms. The summed E-state index contributed by atoms with van der Waals surface area (Å²) in [5, 5.41) is 14.3. The van der Waals surface area contributed by atoms with Crippen molar-refractivity contribution in [3.8, 4) is 0 Å². The van der Waals surface area contributed by atoms with Gasteiger partial charge in [-0.2, -0.15) is 0 Å². The van der Waals surface area contributed by atoms with E-state index in [1.807, 2.05) is 0 Å². The molecule has 22 heavy (non-hydrogen) atoms. The van der Waals surface area contributed by atoms with Crippen LogP contribution in [0.4, 0.5) is 4.79 Å². The number of benzene rings is 1. The van der Waals surface area contributed by atoms with Crippen LogP contribution in [-0.2, 0) is 11.3 Å². The van der Waals surface area contributed by atoms with Crippen LogP contribution >= 0.6 is 0 Å². The van der Waals surface area contributed by atoms with E-state index in [2.05, 4.69) is 17.6 Å². The highest BCUT2D eigenvalue weighted by molar-refractivity contribution is 5.87. The quantitative estimate of drug-likeness (QED) is 0.579. The lowest BCUT2D eigenvalue weighted by Crippen LogP contribution is -2.35. The summed E-state index contributed by atoms with van der Waals surface area (Å²) in [7, 11) is 0. The zero-order chi connectivity index (χ0) is 16.2. The molecule has 0 saturated heterocycles. The zero-order valence-corrected chi connectivity index (χ0v) is 12.9. The molecule has 0 radical (unpaired) electrons. The summed E-state index contributed by atoms with van der Waals surface area (Å²) in [6.07, 6.45) is 2.97. The molecule has 0 aliphatic rings. The number of ether oxygens (including phenoxy) is 1. The van der Waals surface area contributed by atoms with Gasteiger partial charge in [0.15, 0.2) is 0 Å². The van der Waals surface area contributed by atoms with E-state index in [4.69, 9.17) is 9.84 Å². The fraction of sp³-hybridized carbons (Fsp3) is 0.500. The van der Waals surface area contributed by atoms with E-state index in [-0.39, 0.29) is 11.6 Å². The largest absolute Gasteiger partial charge is 0.478 e. The van der Waals surface area contributed by atoms with Crippen LogP contribution in [0.1, 0.15) is 42.1 Å². The minimum atomic E-state index is -0.960. The number of rotatable bonds is 10. The number of urea groups is 1. The highest BCUT2D eigenvalue weighted by Gasteiger charge is 2.03. The summed E-state index contributed by atoms with van der Waals surface area (Å²) in [5.41, 5.74) is 1.08.